The van der Waals surface area contributed by atoms with E-state index in [0.717, 1.165) is 5.56 Å². The molecule has 1 amide bonds. The molecule has 0 aliphatic rings. The van der Waals surface area contributed by atoms with Gasteiger partial charge in [0.15, 0.2) is 0 Å². The third-order valence-electron chi connectivity index (χ3n) is 4.73. The van der Waals surface area contributed by atoms with Gasteiger partial charge in [-0.15, -0.1) is 0 Å². The first-order valence-corrected chi connectivity index (χ1v) is 9.40. The van der Waals surface area contributed by atoms with Crippen LogP contribution in [0.2, 0.25) is 0 Å². The highest BCUT2D eigenvalue weighted by Crippen LogP contribution is 2.19. The van der Waals surface area contributed by atoms with Crippen molar-refractivity contribution in [3.8, 4) is 0 Å². The molecular formula is C23H22FN3O3. The quantitative estimate of drug-likeness (QED) is 0.581. The first kappa shape index (κ1) is 21.0. The van der Waals surface area contributed by atoms with E-state index in [2.05, 4.69) is 10.4 Å². The fourth-order valence-electron chi connectivity index (χ4n) is 3.13. The van der Waals surface area contributed by atoms with Gasteiger partial charge in [0, 0.05) is 28.6 Å². The number of nitrogens with one attached hydrogen (secondary N) is 1. The van der Waals surface area contributed by atoms with Crippen LogP contribution in [0.5, 0.6) is 0 Å². The number of carboxylic acid groups (broad SMARTS) is 1. The summed E-state index contributed by atoms with van der Waals surface area (Å²) in [5.41, 5.74) is 3.57. The molecule has 154 valence electrons. The molecule has 0 fully saturated rings. The molecule has 3 rings (SSSR count). The zero-order chi connectivity index (χ0) is 21.7. The van der Waals surface area contributed by atoms with Gasteiger partial charge in [-0.1, -0.05) is 36.4 Å². The minimum atomic E-state index is -0.937. The Balaban J connectivity index is 1.69. The molecule has 3 aromatic rings. The third kappa shape index (κ3) is 5.20. The lowest BCUT2D eigenvalue weighted by Gasteiger charge is -2.09. The topological polar surface area (TPSA) is 84.2 Å². The van der Waals surface area contributed by atoms with E-state index in [1.54, 1.807) is 36.7 Å². The lowest BCUT2D eigenvalue weighted by Crippen LogP contribution is -2.10. The molecule has 30 heavy (non-hydrogen) atoms. The lowest BCUT2D eigenvalue weighted by atomic mass is 10.1. The number of hydrogen-bond acceptors (Lipinski definition) is 3. The number of carbonyl (C=O) groups excluding carboxylic acids is 1. The normalized spacial score (nSPS) is 11.0. The van der Waals surface area contributed by atoms with Crippen molar-refractivity contribution < 1.29 is 19.1 Å². The highest BCUT2D eigenvalue weighted by Gasteiger charge is 2.15. The smallest absolute Gasteiger partial charge is 0.307 e. The first-order chi connectivity index (χ1) is 14.3. The second-order valence-electron chi connectivity index (χ2n) is 6.92. The molecule has 1 aromatic heterocycles. The molecule has 0 unspecified atom stereocenters. The molecule has 0 bridgehead atoms. The number of nitrogens with zero attached hydrogens (tertiary/aromatic N) is 2. The van der Waals surface area contributed by atoms with E-state index in [0.29, 0.717) is 28.2 Å². The summed E-state index contributed by atoms with van der Waals surface area (Å²) in [5.74, 6) is -1.77. The Morgan fingerprint density at radius 2 is 1.90 bits per heavy atom. The fraction of sp³-hybridized carbons (Fsp3) is 0.174. The van der Waals surface area contributed by atoms with E-state index < -0.39 is 11.8 Å². The van der Waals surface area contributed by atoms with Crippen LogP contribution in [0, 0.1) is 19.7 Å². The van der Waals surface area contributed by atoms with Gasteiger partial charge in [0.1, 0.15) is 5.82 Å². The van der Waals surface area contributed by atoms with Crippen molar-refractivity contribution in [1.29, 1.82) is 0 Å². The number of benzene rings is 2. The molecule has 0 spiro atoms. The van der Waals surface area contributed by atoms with Crippen molar-refractivity contribution in [2.45, 2.75) is 26.8 Å². The van der Waals surface area contributed by atoms with Crippen LogP contribution in [0.25, 0.3) is 6.08 Å². The molecule has 0 aliphatic heterocycles. The molecule has 0 saturated carbocycles. The number of halogens is 1. The molecule has 2 aromatic carbocycles. The fourth-order valence-corrected chi connectivity index (χ4v) is 3.13. The maximum Gasteiger partial charge on any atom is 0.307 e. The number of aliphatic carboxylic acids is 1. The predicted molar refractivity (Wildman–Crippen MR) is 113 cm³/mol. The number of aryl methyl sites for hydroxylation is 1. The van der Waals surface area contributed by atoms with Crippen LogP contribution in [0.15, 0.2) is 54.6 Å². The number of rotatable bonds is 7. The van der Waals surface area contributed by atoms with Gasteiger partial charge in [-0.05, 0) is 37.6 Å². The number of anilines is 1. The summed E-state index contributed by atoms with van der Waals surface area (Å²) in [6.07, 6.45) is 2.94. The zero-order valence-corrected chi connectivity index (χ0v) is 16.7. The van der Waals surface area contributed by atoms with Crippen LogP contribution in [0.3, 0.4) is 0 Å². The Bertz CT molecular complexity index is 1100. The molecular weight excluding hydrogens is 385 g/mol. The van der Waals surface area contributed by atoms with Crippen LogP contribution in [0.4, 0.5) is 10.1 Å². The molecule has 7 heteroatoms. The Morgan fingerprint density at radius 1 is 1.17 bits per heavy atom. The number of carbonyl (C=O) groups is 2. The minimum absolute atomic E-state index is 0.123. The standard InChI is InChI=1S/C23H22FN3O3/c1-15-20(13-23(29)30)16(2)27(26-15)14-18-9-10-19(12-21(18)24)25-22(28)11-8-17-6-4-3-5-7-17/h3-12H,13-14H2,1-2H3,(H,25,28)(H,29,30). The van der Waals surface area contributed by atoms with Gasteiger partial charge in [0.2, 0.25) is 5.91 Å². The van der Waals surface area contributed by atoms with E-state index in [1.807, 2.05) is 30.3 Å². The number of amides is 1. The maximum atomic E-state index is 14.6. The molecule has 2 N–H and O–H groups in total. The van der Waals surface area contributed by atoms with Gasteiger partial charge in [0.25, 0.3) is 0 Å². The van der Waals surface area contributed by atoms with Crippen LogP contribution in [0.1, 0.15) is 28.1 Å². The highest BCUT2D eigenvalue weighted by atomic mass is 19.1. The lowest BCUT2D eigenvalue weighted by molar-refractivity contribution is -0.136. The Hall–Kier alpha value is -3.74. The first-order valence-electron chi connectivity index (χ1n) is 9.40. The van der Waals surface area contributed by atoms with Crippen LogP contribution in [-0.2, 0) is 22.6 Å². The van der Waals surface area contributed by atoms with E-state index in [9.17, 15) is 14.0 Å². The SMILES string of the molecule is Cc1nn(Cc2ccc(NC(=O)C=Cc3ccccc3)cc2F)c(C)c1CC(=O)O. The van der Waals surface area contributed by atoms with Crippen molar-refractivity contribution in [2.24, 2.45) is 0 Å². The van der Waals surface area contributed by atoms with Gasteiger partial charge in [-0.2, -0.15) is 5.10 Å². The summed E-state index contributed by atoms with van der Waals surface area (Å²) in [4.78, 5) is 23.1. The van der Waals surface area contributed by atoms with Crippen LogP contribution < -0.4 is 5.32 Å². The Kier molecular flexibility index (Phi) is 6.41. The van der Waals surface area contributed by atoms with E-state index in [-0.39, 0.29) is 18.9 Å². The number of carboxylic acids is 1. The predicted octanol–water partition coefficient (Wildman–Crippen LogP) is 3.97. The third-order valence-corrected chi connectivity index (χ3v) is 4.73. The van der Waals surface area contributed by atoms with E-state index in [4.69, 9.17) is 5.11 Å². The summed E-state index contributed by atoms with van der Waals surface area (Å²) >= 11 is 0. The number of aromatic nitrogens is 2. The summed E-state index contributed by atoms with van der Waals surface area (Å²) in [6.45, 7) is 3.67. The molecule has 0 aliphatic carbocycles. The zero-order valence-electron chi connectivity index (χ0n) is 16.7. The van der Waals surface area contributed by atoms with Gasteiger partial charge in [0.05, 0.1) is 18.7 Å². The summed E-state index contributed by atoms with van der Waals surface area (Å²) < 4.78 is 16.2. The van der Waals surface area contributed by atoms with Crippen molar-refractivity contribution in [3.63, 3.8) is 0 Å². The van der Waals surface area contributed by atoms with Gasteiger partial charge >= 0.3 is 5.97 Å². The van der Waals surface area contributed by atoms with Crippen molar-refractivity contribution in [3.05, 3.63) is 88.5 Å². The monoisotopic (exact) mass is 407 g/mol. The summed E-state index contributed by atoms with van der Waals surface area (Å²) in [5, 5.41) is 16.0. The molecule has 0 atom stereocenters. The molecule has 0 saturated heterocycles. The maximum absolute atomic E-state index is 14.6. The average Bonchev–Trinajstić information content (AvgIpc) is 2.96. The second-order valence-corrected chi connectivity index (χ2v) is 6.92. The van der Waals surface area contributed by atoms with E-state index in [1.165, 1.54) is 12.1 Å². The highest BCUT2D eigenvalue weighted by molar-refractivity contribution is 6.01. The Labute approximate surface area is 173 Å². The van der Waals surface area contributed by atoms with Crippen LogP contribution in [-0.4, -0.2) is 26.8 Å². The van der Waals surface area contributed by atoms with Crippen molar-refractivity contribution in [1.82, 2.24) is 9.78 Å². The van der Waals surface area contributed by atoms with E-state index >= 15 is 0 Å². The molecule has 0 radical (unpaired) electrons. The van der Waals surface area contributed by atoms with Crippen molar-refractivity contribution in [2.75, 3.05) is 5.32 Å². The second kappa shape index (κ2) is 9.17. The molecule has 1 heterocycles. The van der Waals surface area contributed by atoms with Gasteiger partial charge in [-0.3, -0.25) is 14.3 Å². The molecule has 6 nitrogen and oxygen atoms in total. The van der Waals surface area contributed by atoms with Gasteiger partial charge in [-0.25, -0.2) is 4.39 Å². The number of hydrogen-bond donors (Lipinski definition) is 2. The van der Waals surface area contributed by atoms with Crippen molar-refractivity contribution >= 4 is 23.6 Å². The van der Waals surface area contributed by atoms with Crippen LogP contribution >= 0.6 is 0 Å². The average molecular weight is 407 g/mol. The largest absolute Gasteiger partial charge is 0.481 e. The Morgan fingerprint density at radius 3 is 2.57 bits per heavy atom. The summed E-state index contributed by atoms with van der Waals surface area (Å²) in [6, 6.07) is 13.8. The van der Waals surface area contributed by atoms with Gasteiger partial charge < -0.3 is 10.4 Å². The minimum Gasteiger partial charge on any atom is -0.481 e. The summed E-state index contributed by atoms with van der Waals surface area (Å²) in [7, 11) is 0.